The monoisotopic (exact) mass is 253 g/mol. The summed E-state index contributed by atoms with van der Waals surface area (Å²) in [6.45, 7) is 4.45. The van der Waals surface area contributed by atoms with Crippen molar-refractivity contribution < 1.29 is 0 Å². The van der Waals surface area contributed by atoms with Crippen LogP contribution < -0.4 is 5.32 Å². The second-order valence-corrected chi connectivity index (χ2v) is 5.95. The summed E-state index contributed by atoms with van der Waals surface area (Å²) < 4.78 is 0. The van der Waals surface area contributed by atoms with Crippen LogP contribution in [0.1, 0.15) is 31.7 Å². The number of benzene rings is 2. The molecule has 19 heavy (non-hydrogen) atoms. The fourth-order valence-corrected chi connectivity index (χ4v) is 3.33. The molecule has 3 rings (SSSR count). The summed E-state index contributed by atoms with van der Waals surface area (Å²) in [6.07, 6.45) is 5.38. The number of hydrogen-bond acceptors (Lipinski definition) is 1. The molecule has 1 N–H and O–H groups in total. The lowest BCUT2D eigenvalue weighted by Gasteiger charge is -2.42. The minimum atomic E-state index is 0.514. The molecular formula is C18H23N. The summed E-state index contributed by atoms with van der Waals surface area (Å²) >= 11 is 0. The first-order valence-corrected chi connectivity index (χ1v) is 7.50. The van der Waals surface area contributed by atoms with Gasteiger partial charge in [-0.1, -0.05) is 55.8 Å². The molecule has 0 aromatic heterocycles. The molecular weight excluding hydrogens is 230 g/mol. The van der Waals surface area contributed by atoms with Crippen LogP contribution in [-0.2, 0) is 6.42 Å². The second-order valence-electron chi connectivity index (χ2n) is 5.95. The molecule has 2 aromatic carbocycles. The van der Waals surface area contributed by atoms with Gasteiger partial charge in [0.25, 0.3) is 0 Å². The van der Waals surface area contributed by atoms with E-state index >= 15 is 0 Å². The Balaban J connectivity index is 1.88. The van der Waals surface area contributed by atoms with E-state index < -0.39 is 0 Å². The average Bonchev–Trinajstić information content (AvgIpc) is 2.42. The Kier molecular flexibility index (Phi) is 3.56. The van der Waals surface area contributed by atoms with Gasteiger partial charge in [-0.15, -0.1) is 0 Å². The third kappa shape index (κ3) is 2.52. The van der Waals surface area contributed by atoms with Crippen molar-refractivity contribution in [3.8, 4) is 0 Å². The molecule has 0 heterocycles. The van der Waals surface area contributed by atoms with Crippen molar-refractivity contribution >= 4 is 10.8 Å². The highest BCUT2D eigenvalue weighted by Crippen LogP contribution is 2.44. The summed E-state index contributed by atoms with van der Waals surface area (Å²) in [4.78, 5) is 0. The minimum absolute atomic E-state index is 0.514. The summed E-state index contributed by atoms with van der Waals surface area (Å²) in [5, 5.41) is 6.37. The Morgan fingerprint density at radius 1 is 1.05 bits per heavy atom. The highest BCUT2D eigenvalue weighted by Gasteiger charge is 2.36. The highest BCUT2D eigenvalue weighted by molar-refractivity contribution is 5.85. The zero-order valence-electron chi connectivity index (χ0n) is 11.8. The van der Waals surface area contributed by atoms with E-state index in [1.807, 2.05) is 0 Å². The first-order valence-electron chi connectivity index (χ1n) is 7.50. The van der Waals surface area contributed by atoms with Crippen LogP contribution in [-0.4, -0.2) is 13.1 Å². The van der Waals surface area contributed by atoms with Crippen LogP contribution in [0.3, 0.4) is 0 Å². The summed E-state index contributed by atoms with van der Waals surface area (Å²) in [5.74, 6) is 0. The van der Waals surface area contributed by atoms with Gasteiger partial charge in [-0.25, -0.2) is 0 Å². The van der Waals surface area contributed by atoms with E-state index in [0.717, 1.165) is 6.54 Å². The summed E-state index contributed by atoms with van der Waals surface area (Å²) in [6, 6.07) is 15.5. The smallest absolute Gasteiger partial charge is 0.00109 e. The molecule has 1 saturated carbocycles. The first-order chi connectivity index (χ1) is 9.33. The van der Waals surface area contributed by atoms with E-state index in [0.29, 0.717) is 5.41 Å². The van der Waals surface area contributed by atoms with Crippen molar-refractivity contribution in [2.24, 2.45) is 5.41 Å². The average molecular weight is 253 g/mol. The zero-order chi connectivity index (χ0) is 13.1. The van der Waals surface area contributed by atoms with Gasteiger partial charge in [0.2, 0.25) is 0 Å². The number of fused-ring (bicyclic) bond motifs is 1. The van der Waals surface area contributed by atoms with Crippen LogP contribution in [0.25, 0.3) is 10.8 Å². The maximum absolute atomic E-state index is 3.56. The van der Waals surface area contributed by atoms with E-state index in [9.17, 15) is 0 Å². The van der Waals surface area contributed by atoms with Crippen molar-refractivity contribution in [3.63, 3.8) is 0 Å². The number of hydrogen-bond donors (Lipinski definition) is 1. The molecule has 1 heteroatoms. The molecule has 0 amide bonds. The maximum atomic E-state index is 3.56. The van der Waals surface area contributed by atoms with E-state index in [1.165, 1.54) is 48.6 Å². The largest absolute Gasteiger partial charge is 0.316 e. The minimum Gasteiger partial charge on any atom is -0.316 e. The van der Waals surface area contributed by atoms with Crippen LogP contribution in [0.5, 0.6) is 0 Å². The maximum Gasteiger partial charge on any atom is 0.00109 e. The lowest BCUT2D eigenvalue weighted by molar-refractivity contribution is 0.131. The predicted octanol–water partition coefficient (Wildman–Crippen LogP) is 4.16. The normalized spacial score (nSPS) is 17.3. The Bertz CT molecular complexity index is 549. The van der Waals surface area contributed by atoms with E-state index in [2.05, 4.69) is 54.7 Å². The predicted molar refractivity (Wildman–Crippen MR) is 82.5 cm³/mol. The molecule has 1 aliphatic rings. The molecule has 0 saturated heterocycles. The summed E-state index contributed by atoms with van der Waals surface area (Å²) in [7, 11) is 0. The molecule has 0 spiro atoms. The Morgan fingerprint density at radius 2 is 1.84 bits per heavy atom. The molecule has 0 bridgehead atoms. The van der Waals surface area contributed by atoms with E-state index in [1.54, 1.807) is 0 Å². The van der Waals surface area contributed by atoms with Gasteiger partial charge < -0.3 is 5.32 Å². The number of rotatable bonds is 5. The molecule has 0 radical (unpaired) electrons. The lowest BCUT2D eigenvalue weighted by Crippen LogP contribution is -2.41. The van der Waals surface area contributed by atoms with Gasteiger partial charge in [0.15, 0.2) is 0 Å². The Labute approximate surface area is 116 Å². The fraction of sp³-hybridized carbons (Fsp3) is 0.444. The topological polar surface area (TPSA) is 12.0 Å². The van der Waals surface area contributed by atoms with Crippen LogP contribution in [0.2, 0.25) is 0 Å². The first kappa shape index (κ1) is 12.7. The van der Waals surface area contributed by atoms with Gasteiger partial charge in [-0.05, 0) is 47.6 Å². The Morgan fingerprint density at radius 3 is 2.58 bits per heavy atom. The standard InChI is InChI=1S/C18H23N/c1-2-19-14-18(11-6-12-18)13-16-9-5-8-15-7-3-4-10-17(15)16/h3-5,7-10,19H,2,6,11-14H2,1H3. The molecule has 100 valence electrons. The molecule has 1 aliphatic carbocycles. The highest BCUT2D eigenvalue weighted by atomic mass is 14.9. The van der Waals surface area contributed by atoms with Gasteiger partial charge in [0.1, 0.15) is 0 Å². The molecule has 0 aliphatic heterocycles. The summed E-state index contributed by atoms with van der Waals surface area (Å²) in [5.41, 5.74) is 2.04. The molecule has 2 aromatic rings. The van der Waals surface area contributed by atoms with Crippen molar-refractivity contribution in [2.75, 3.05) is 13.1 Å². The number of nitrogens with one attached hydrogen (secondary N) is 1. The van der Waals surface area contributed by atoms with Crippen LogP contribution in [0.4, 0.5) is 0 Å². The van der Waals surface area contributed by atoms with Gasteiger partial charge in [-0.3, -0.25) is 0 Å². The van der Waals surface area contributed by atoms with Gasteiger partial charge in [0.05, 0.1) is 0 Å². The van der Waals surface area contributed by atoms with Crippen LogP contribution in [0.15, 0.2) is 42.5 Å². The van der Waals surface area contributed by atoms with Gasteiger partial charge >= 0.3 is 0 Å². The van der Waals surface area contributed by atoms with Crippen molar-refractivity contribution in [2.45, 2.75) is 32.6 Å². The van der Waals surface area contributed by atoms with Crippen LogP contribution >= 0.6 is 0 Å². The van der Waals surface area contributed by atoms with E-state index in [-0.39, 0.29) is 0 Å². The van der Waals surface area contributed by atoms with Crippen molar-refractivity contribution in [1.29, 1.82) is 0 Å². The van der Waals surface area contributed by atoms with Gasteiger partial charge in [0, 0.05) is 6.54 Å². The Hall–Kier alpha value is -1.34. The molecule has 0 unspecified atom stereocenters. The quantitative estimate of drug-likeness (QED) is 0.843. The van der Waals surface area contributed by atoms with E-state index in [4.69, 9.17) is 0 Å². The molecule has 0 atom stereocenters. The molecule has 1 fully saturated rings. The van der Waals surface area contributed by atoms with Gasteiger partial charge in [-0.2, -0.15) is 0 Å². The van der Waals surface area contributed by atoms with Crippen LogP contribution in [0, 0.1) is 5.41 Å². The van der Waals surface area contributed by atoms with Crippen molar-refractivity contribution in [1.82, 2.24) is 5.32 Å². The SMILES string of the molecule is CCNCC1(Cc2cccc3ccccc23)CCC1. The molecule has 1 nitrogen and oxygen atoms in total. The second kappa shape index (κ2) is 5.34. The third-order valence-corrected chi connectivity index (χ3v) is 4.61. The fourth-order valence-electron chi connectivity index (χ4n) is 3.33. The zero-order valence-corrected chi connectivity index (χ0v) is 11.8. The van der Waals surface area contributed by atoms with Crippen molar-refractivity contribution in [3.05, 3.63) is 48.0 Å². The lowest BCUT2D eigenvalue weighted by atomic mass is 9.65. The third-order valence-electron chi connectivity index (χ3n) is 4.61.